The van der Waals surface area contributed by atoms with E-state index < -0.39 is 12.4 Å². The van der Waals surface area contributed by atoms with E-state index in [1.54, 1.807) is 0 Å². The number of rotatable bonds is 13. The molecule has 35 heavy (non-hydrogen) atoms. The molecule has 0 aromatic heterocycles. The molecule has 1 rings (SSSR count). The van der Waals surface area contributed by atoms with Crippen LogP contribution in [0.3, 0.4) is 0 Å². The molecular weight excluding hydrogens is 444 g/mol. The predicted molar refractivity (Wildman–Crippen MR) is 143 cm³/mol. The first-order valence-electron chi connectivity index (χ1n) is 13.6. The number of hydrogen-bond donors (Lipinski definition) is 0. The maximum Gasteiger partial charge on any atom is 0.186 e. The van der Waals surface area contributed by atoms with Crippen LogP contribution in [0.15, 0.2) is 0 Å². The smallest absolute Gasteiger partial charge is 0.186 e. The Balaban J connectivity index is 3.32. The van der Waals surface area contributed by atoms with Gasteiger partial charge >= 0.3 is 0 Å². The van der Waals surface area contributed by atoms with Crippen molar-refractivity contribution in [3.63, 3.8) is 0 Å². The van der Waals surface area contributed by atoms with Crippen LogP contribution in [0.25, 0.3) is 0 Å². The van der Waals surface area contributed by atoms with Crippen LogP contribution >= 0.6 is 0 Å². The lowest BCUT2D eigenvalue weighted by Crippen LogP contribution is -2.63. The third kappa shape index (κ3) is 14.3. The molecule has 0 aromatic carbocycles. The zero-order valence-corrected chi connectivity index (χ0v) is 25.2. The van der Waals surface area contributed by atoms with Crippen molar-refractivity contribution in [2.24, 2.45) is 28.1 Å². The minimum atomic E-state index is -0.555. The van der Waals surface area contributed by atoms with Gasteiger partial charge in [0.2, 0.25) is 0 Å². The van der Waals surface area contributed by atoms with Gasteiger partial charge in [-0.25, -0.2) is 0 Å². The second kappa shape index (κ2) is 14.1. The van der Waals surface area contributed by atoms with Gasteiger partial charge in [-0.2, -0.15) is 0 Å². The van der Waals surface area contributed by atoms with E-state index in [9.17, 15) is 0 Å². The van der Waals surface area contributed by atoms with E-state index in [0.717, 1.165) is 0 Å². The van der Waals surface area contributed by atoms with Crippen molar-refractivity contribution in [3.8, 4) is 0 Å². The van der Waals surface area contributed by atoms with Crippen LogP contribution in [0.1, 0.15) is 90.0 Å². The Morgan fingerprint density at radius 1 is 0.571 bits per heavy atom. The normalized spacial score (nSPS) is 26.7. The fourth-order valence-corrected chi connectivity index (χ4v) is 3.46. The Kier molecular flexibility index (Phi) is 13.2. The summed E-state index contributed by atoms with van der Waals surface area (Å²) < 4.78 is 38.6. The van der Waals surface area contributed by atoms with Crippen LogP contribution < -0.4 is 0 Å². The van der Waals surface area contributed by atoms with Crippen LogP contribution in [0.5, 0.6) is 0 Å². The largest absolute Gasteiger partial charge is 0.378 e. The van der Waals surface area contributed by atoms with Gasteiger partial charge in [0.15, 0.2) is 6.29 Å². The highest BCUT2D eigenvalue weighted by molar-refractivity contribution is 4.94. The van der Waals surface area contributed by atoms with Crippen molar-refractivity contribution in [1.82, 2.24) is 0 Å². The van der Waals surface area contributed by atoms with Crippen LogP contribution in [0.2, 0.25) is 0 Å². The summed E-state index contributed by atoms with van der Waals surface area (Å²) in [5.41, 5.74) is 0.00358. The molecule has 5 atom stereocenters. The van der Waals surface area contributed by atoms with Crippen molar-refractivity contribution in [2.75, 3.05) is 39.6 Å². The van der Waals surface area contributed by atoms with Crippen LogP contribution in [0.4, 0.5) is 0 Å². The molecule has 1 aliphatic rings. The summed E-state index contributed by atoms with van der Waals surface area (Å²) in [6.45, 7) is 31.5. The van der Waals surface area contributed by atoms with E-state index in [1.165, 1.54) is 0 Å². The van der Waals surface area contributed by atoms with E-state index >= 15 is 0 Å². The lowest BCUT2D eigenvalue weighted by atomic mass is 9.94. The number of ether oxygens (including phenoxy) is 6. The summed E-state index contributed by atoms with van der Waals surface area (Å²) in [4.78, 5) is 0. The summed E-state index contributed by atoms with van der Waals surface area (Å²) in [5, 5.41) is 0. The number of hydrogen-bond acceptors (Lipinski definition) is 6. The van der Waals surface area contributed by atoms with Gasteiger partial charge in [0.05, 0.1) is 26.4 Å². The predicted octanol–water partition coefficient (Wildman–Crippen LogP) is 6.35. The van der Waals surface area contributed by atoms with Gasteiger partial charge in [0, 0.05) is 13.2 Å². The van der Waals surface area contributed by atoms with E-state index in [1.807, 2.05) is 0 Å². The molecule has 0 saturated carbocycles. The molecule has 6 heteroatoms. The van der Waals surface area contributed by atoms with Gasteiger partial charge in [-0.15, -0.1) is 0 Å². The molecule has 0 spiro atoms. The molecule has 0 radical (unpaired) electrons. The lowest BCUT2D eigenvalue weighted by Gasteiger charge is -2.47. The topological polar surface area (TPSA) is 55.4 Å². The van der Waals surface area contributed by atoms with Gasteiger partial charge in [-0.05, 0) is 28.1 Å². The van der Waals surface area contributed by atoms with Crippen molar-refractivity contribution in [1.29, 1.82) is 0 Å². The molecule has 6 nitrogen and oxygen atoms in total. The molecule has 1 fully saturated rings. The Morgan fingerprint density at radius 2 is 1.03 bits per heavy atom. The van der Waals surface area contributed by atoms with E-state index in [-0.39, 0.29) is 34.6 Å². The Morgan fingerprint density at radius 3 is 1.49 bits per heavy atom. The third-order valence-electron chi connectivity index (χ3n) is 5.04. The SMILES string of the molecule is CC(C)COCC1O[C@@H](OCC(C)(C)C)C(OCC(C)C)[C@@H](OCC(C)(C)C)[C@@H]1OCC(C)(C)C. The molecular formula is C29H58O6. The van der Waals surface area contributed by atoms with Crippen molar-refractivity contribution in [2.45, 2.75) is 121 Å². The third-order valence-corrected chi connectivity index (χ3v) is 5.04. The quantitative estimate of drug-likeness (QED) is 0.292. The second-order valence-electron chi connectivity index (χ2n) is 14.7. The molecule has 1 saturated heterocycles. The van der Waals surface area contributed by atoms with Crippen molar-refractivity contribution >= 4 is 0 Å². The van der Waals surface area contributed by atoms with E-state index in [2.05, 4.69) is 90.0 Å². The first-order chi connectivity index (χ1) is 15.9. The second-order valence-corrected chi connectivity index (χ2v) is 14.7. The van der Waals surface area contributed by atoms with Gasteiger partial charge in [0.1, 0.15) is 24.4 Å². The molecule has 0 aromatic rings. The summed E-state index contributed by atoms with van der Waals surface area (Å²) in [6, 6.07) is 0. The van der Waals surface area contributed by atoms with Crippen molar-refractivity contribution in [3.05, 3.63) is 0 Å². The molecule has 210 valence electrons. The maximum absolute atomic E-state index is 6.62. The molecule has 0 bridgehead atoms. The zero-order valence-electron chi connectivity index (χ0n) is 25.2. The average Bonchev–Trinajstić information content (AvgIpc) is 2.66. The fraction of sp³-hybridized carbons (Fsp3) is 1.00. The molecule has 0 N–H and O–H groups in total. The highest BCUT2D eigenvalue weighted by atomic mass is 16.7. The first-order valence-corrected chi connectivity index (χ1v) is 13.6. The van der Waals surface area contributed by atoms with Gasteiger partial charge < -0.3 is 28.4 Å². The zero-order chi connectivity index (χ0) is 27.0. The lowest BCUT2D eigenvalue weighted by molar-refractivity contribution is -0.331. The fourth-order valence-electron chi connectivity index (χ4n) is 3.46. The van der Waals surface area contributed by atoms with Crippen molar-refractivity contribution < 1.29 is 28.4 Å². The molecule has 0 amide bonds. The van der Waals surface area contributed by atoms with Gasteiger partial charge in [-0.1, -0.05) is 90.0 Å². The standard InChI is InChI=1S/C29H58O6/c1-20(2)14-30-16-22-23(32-17-27(5,6)7)24(33-18-28(8,9)10)25(31-15-21(3)4)26(35-22)34-19-29(11,12)13/h20-26H,14-19H2,1-13H3/t22?,23-,24+,25?,26-/m1/s1. The van der Waals surface area contributed by atoms with Gasteiger partial charge in [0.25, 0.3) is 0 Å². The Hall–Kier alpha value is -0.240. The van der Waals surface area contributed by atoms with Gasteiger partial charge in [-0.3, -0.25) is 0 Å². The summed E-state index contributed by atoms with van der Waals surface area (Å²) in [6.07, 6.45) is -1.92. The Labute approximate surface area is 217 Å². The molecule has 1 heterocycles. The summed E-state index contributed by atoms with van der Waals surface area (Å²) >= 11 is 0. The maximum atomic E-state index is 6.62. The van der Waals surface area contributed by atoms with Crippen LogP contribution in [0, 0.1) is 28.1 Å². The monoisotopic (exact) mass is 502 g/mol. The molecule has 0 aliphatic carbocycles. The van der Waals surface area contributed by atoms with Crippen LogP contribution in [-0.4, -0.2) is 70.3 Å². The van der Waals surface area contributed by atoms with E-state index in [4.69, 9.17) is 28.4 Å². The first kappa shape index (κ1) is 32.8. The van der Waals surface area contributed by atoms with Crippen LogP contribution in [-0.2, 0) is 28.4 Å². The minimum absolute atomic E-state index is 0.000875. The highest BCUT2D eigenvalue weighted by Crippen LogP contribution is 2.33. The minimum Gasteiger partial charge on any atom is -0.378 e. The summed E-state index contributed by atoms with van der Waals surface area (Å²) in [5.74, 6) is 0.818. The molecule has 2 unspecified atom stereocenters. The highest BCUT2D eigenvalue weighted by Gasteiger charge is 2.49. The molecule has 1 aliphatic heterocycles. The Bertz CT molecular complexity index is 569. The summed E-state index contributed by atoms with van der Waals surface area (Å²) in [7, 11) is 0. The average molecular weight is 503 g/mol. The van der Waals surface area contributed by atoms with E-state index in [0.29, 0.717) is 51.5 Å².